The molecule has 2 aromatic carbocycles. The summed E-state index contributed by atoms with van der Waals surface area (Å²) in [5, 5.41) is 9.32. The number of likely N-dealkylation sites (tertiary alicyclic amines) is 1. The Bertz CT molecular complexity index is 984. The maximum absolute atomic E-state index is 12.9. The highest BCUT2D eigenvalue weighted by Crippen LogP contribution is 2.49. The normalized spacial score (nSPS) is 26.2. The third-order valence-corrected chi connectivity index (χ3v) is 6.72. The van der Waals surface area contributed by atoms with Crippen LogP contribution in [0.15, 0.2) is 48.5 Å². The molecule has 3 nitrogen and oxygen atoms in total. The van der Waals surface area contributed by atoms with E-state index in [-0.39, 0.29) is 17.8 Å². The van der Waals surface area contributed by atoms with Crippen LogP contribution >= 0.6 is 0 Å². The van der Waals surface area contributed by atoms with Crippen LogP contribution in [0.4, 0.5) is 26.3 Å². The van der Waals surface area contributed by atoms with Gasteiger partial charge in [-0.1, -0.05) is 24.3 Å². The molecule has 0 radical (unpaired) electrons. The predicted octanol–water partition coefficient (Wildman–Crippen LogP) is 6.05. The SMILES string of the molecule is O=C(O)C1C[C@H]1[C@@H]1C[C@H](c2ccc(C(F)(F)F)cc2)CN(Cc2ccc(C(F)(F)F)cc2)C1. The number of carboxylic acid groups (broad SMARTS) is 1. The molecule has 0 bridgehead atoms. The summed E-state index contributed by atoms with van der Waals surface area (Å²) in [5.41, 5.74) is -0.0147. The van der Waals surface area contributed by atoms with Gasteiger partial charge in [-0.05, 0) is 66.0 Å². The van der Waals surface area contributed by atoms with Gasteiger partial charge in [0.15, 0.2) is 0 Å². The van der Waals surface area contributed by atoms with Crippen molar-refractivity contribution in [3.63, 3.8) is 0 Å². The van der Waals surface area contributed by atoms with Crippen molar-refractivity contribution in [3.8, 4) is 0 Å². The molecule has 1 aliphatic carbocycles. The molecule has 4 atom stereocenters. The minimum absolute atomic E-state index is 0.00912. The summed E-state index contributed by atoms with van der Waals surface area (Å²) in [4.78, 5) is 13.4. The van der Waals surface area contributed by atoms with E-state index in [1.807, 2.05) is 0 Å². The van der Waals surface area contributed by atoms with Gasteiger partial charge in [0.2, 0.25) is 0 Å². The maximum Gasteiger partial charge on any atom is 0.416 e. The topological polar surface area (TPSA) is 40.5 Å². The second kappa shape index (κ2) is 8.66. The number of benzene rings is 2. The molecule has 1 N–H and O–H groups in total. The number of carboxylic acids is 1. The van der Waals surface area contributed by atoms with Crippen molar-refractivity contribution in [3.05, 3.63) is 70.8 Å². The summed E-state index contributed by atoms with van der Waals surface area (Å²) in [7, 11) is 0. The Kier molecular flexibility index (Phi) is 6.20. The van der Waals surface area contributed by atoms with E-state index in [1.165, 1.54) is 24.3 Å². The van der Waals surface area contributed by atoms with E-state index in [9.17, 15) is 36.2 Å². The summed E-state index contributed by atoms with van der Waals surface area (Å²) in [6, 6.07) is 9.96. The Morgan fingerprint density at radius 3 is 1.88 bits per heavy atom. The average molecular weight is 471 g/mol. The molecule has 2 fully saturated rings. The molecule has 4 rings (SSSR count). The molecular weight excluding hydrogens is 448 g/mol. The molecule has 1 aliphatic heterocycles. The van der Waals surface area contributed by atoms with Crippen LogP contribution in [-0.2, 0) is 23.7 Å². The standard InChI is InChI=1S/C24H23F6NO2/c25-23(26,27)18-5-1-14(2-6-18)11-31-12-16(9-17(13-31)20-10-21(20)22(32)33)15-3-7-19(8-4-15)24(28,29)30/h1-8,16-17,20-21H,9-13H2,(H,32,33)/t16-,17+,20-,21?/m0/s1. The predicted molar refractivity (Wildman–Crippen MR) is 108 cm³/mol. The quantitative estimate of drug-likeness (QED) is 0.540. The summed E-state index contributed by atoms with van der Waals surface area (Å²) >= 11 is 0. The first kappa shape index (κ1) is 23.6. The number of rotatable bonds is 5. The van der Waals surface area contributed by atoms with E-state index in [1.54, 1.807) is 0 Å². The molecule has 2 aliphatic rings. The zero-order chi connectivity index (χ0) is 24.0. The third-order valence-electron chi connectivity index (χ3n) is 6.72. The van der Waals surface area contributed by atoms with Gasteiger partial charge >= 0.3 is 18.3 Å². The van der Waals surface area contributed by atoms with Gasteiger partial charge in [0.25, 0.3) is 0 Å². The molecule has 1 unspecified atom stereocenters. The Labute approximate surface area is 187 Å². The molecule has 1 saturated heterocycles. The summed E-state index contributed by atoms with van der Waals surface area (Å²) < 4.78 is 77.3. The van der Waals surface area contributed by atoms with Gasteiger partial charge in [-0.15, -0.1) is 0 Å². The van der Waals surface area contributed by atoms with E-state index >= 15 is 0 Å². The number of aliphatic carboxylic acids is 1. The van der Waals surface area contributed by atoms with E-state index in [4.69, 9.17) is 0 Å². The van der Waals surface area contributed by atoms with Gasteiger partial charge in [-0.3, -0.25) is 9.69 Å². The van der Waals surface area contributed by atoms with Crippen LogP contribution in [0, 0.1) is 17.8 Å². The molecule has 0 spiro atoms. The van der Waals surface area contributed by atoms with E-state index in [0.717, 1.165) is 29.8 Å². The van der Waals surface area contributed by atoms with Gasteiger partial charge in [0, 0.05) is 19.6 Å². The number of piperidine rings is 1. The highest BCUT2D eigenvalue weighted by Gasteiger charge is 2.49. The fourth-order valence-electron chi connectivity index (χ4n) is 4.93. The molecule has 1 saturated carbocycles. The Hall–Kier alpha value is -2.55. The summed E-state index contributed by atoms with van der Waals surface area (Å²) in [5.74, 6) is -1.27. The molecule has 9 heteroatoms. The smallest absolute Gasteiger partial charge is 0.416 e. The molecule has 178 valence electrons. The first-order chi connectivity index (χ1) is 15.4. The van der Waals surface area contributed by atoms with Crippen LogP contribution in [0.3, 0.4) is 0 Å². The maximum atomic E-state index is 12.9. The molecule has 0 aromatic heterocycles. The lowest BCUT2D eigenvalue weighted by molar-refractivity contribution is -0.139. The molecule has 1 heterocycles. The van der Waals surface area contributed by atoms with Crippen molar-refractivity contribution < 1.29 is 36.2 Å². The molecule has 2 aromatic rings. The van der Waals surface area contributed by atoms with Crippen LogP contribution in [-0.4, -0.2) is 29.1 Å². The summed E-state index contributed by atoms with van der Waals surface area (Å²) in [6.07, 6.45) is -7.59. The van der Waals surface area contributed by atoms with E-state index in [0.29, 0.717) is 38.0 Å². The fraction of sp³-hybridized carbons (Fsp3) is 0.458. The summed E-state index contributed by atoms with van der Waals surface area (Å²) in [6.45, 7) is 1.52. The number of nitrogens with zero attached hydrogens (tertiary/aromatic N) is 1. The highest BCUT2D eigenvalue weighted by atomic mass is 19.4. The van der Waals surface area contributed by atoms with Crippen molar-refractivity contribution >= 4 is 5.97 Å². The lowest BCUT2D eigenvalue weighted by Crippen LogP contribution is -2.40. The molecular formula is C24H23F6NO2. The number of alkyl halides is 6. The van der Waals surface area contributed by atoms with Gasteiger partial charge in [0.1, 0.15) is 0 Å². The average Bonchev–Trinajstić information content (AvgIpc) is 3.54. The monoisotopic (exact) mass is 471 g/mol. The van der Waals surface area contributed by atoms with Crippen LogP contribution in [0.5, 0.6) is 0 Å². The first-order valence-electron chi connectivity index (χ1n) is 10.7. The minimum atomic E-state index is -4.43. The van der Waals surface area contributed by atoms with Crippen molar-refractivity contribution in [2.24, 2.45) is 17.8 Å². The van der Waals surface area contributed by atoms with Crippen molar-refractivity contribution in [2.45, 2.75) is 37.7 Å². The lowest BCUT2D eigenvalue weighted by Gasteiger charge is -2.38. The Balaban J connectivity index is 1.52. The van der Waals surface area contributed by atoms with E-state index in [2.05, 4.69) is 4.90 Å². The lowest BCUT2D eigenvalue weighted by atomic mass is 9.81. The fourth-order valence-corrected chi connectivity index (χ4v) is 4.93. The Morgan fingerprint density at radius 1 is 0.848 bits per heavy atom. The second-order valence-corrected chi connectivity index (χ2v) is 9.05. The first-order valence-corrected chi connectivity index (χ1v) is 10.7. The van der Waals surface area contributed by atoms with Crippen molar-refractivity contribution in [1.29, 1.82) is 0 Å². The van der Waals surface area contributed by atoms with Gasteiger partial charge in [-0.2, -0.15) is 26.3 Å². The zero-order valence-corrected chi connectivity index (χ0v) is 17.5. The Morgan fingerprint density at radius 2 is 1.39 bits per heavy atom. The van der Waals surface area contributed by atoms with E-state index < -0.39 is 35.4 Å². The van der Waals surface area contributed by atoms with Crippen LogP contribution in [0.1, 0.15) is 41.0 Å². The number of halogens is 6. The van der Waals surface area contributed by atoms with Crippen LogP contribution < -0.4 is 0 Å². The van der Waals surface area contributed by atoms with Crippen molar-refractivity contribution in [1.82, 2.24) is 4.90 Å². The molecule has 33 heavy (non-hydrogen) atoms. The third kappa shape index (κ3) is 5.51. The number of hydrogen-bond acceptors (Lipinski definition) is 2. The van der Waals surface area contributed by atoms with Gasteiger partial charge < -0.3 is 5.11 Å². The minimum Gasteiger partial charge on any atom is -0.481 e. The van der Waals surface area contributed by atoms with Crippen molar-refractivity contribution in [2.75, 3.05) is 13.1 Å². The largest absolute Gasteiger partial charge is 0.481 e. The van der Waals surface area contributed by atoms with Gasteiger partial charge in [-0.25, -0.2) is 0 Å². The zero-order valence-electron chi connectivity index (χ0n) is 17.5. The number of carbonyl (C=O) groups is 1. The number of hydrogen-bond donors (Lipinski definition) is 1. The molecule has 0 amide bonds. The van der Waals surface area contributed by atoms with Crippen LogP contribution in [0.25, 0.3) is 0 Å². The van der Waals surface area contributed by atoms with Gasteiger partial charge in [0.05, 0.1) is 17.0 Å². The highest BCUT2D eigenvalue weighted by molar-refractivity contribution is 5.73. The second-order valence-electron chi connectivity index (χ2n) is 9.05. The van der Waals surface area contributed by atoms with Crippen LogP contribution in [0.2, 0.25) is 0 Å².